The summed E-state index contributed by atoms with van der Waals surface area (Å²) in [5.41, 5.74) is 8.83. The van der Waals surface area contributed by atoms with Crippen LogP contribution in [0.4, 0.5) is 5.82 Å². The van der Waals surface area contributed by atoms with Crippen LogP contribution in [0.25, 0.3) is 22.5 Å². The molecule has 7 nitrogen and oxygen atoms in total. The average molecular weight is 362 g/mol. The Morgan fingerprint density at radius 1 is 0.963 bits per heavy atom. The topological polar surface area (TPSA) is 103 Å². The summed E-state index contributed by atoms with van der Waals surface area (Å²) in [5, 5.41) is 9.60. The van der Waals surface area contributed by atoms with Crippen molar-refractivity contribution in [3.8, 4) is 45.8 Å². The molecule has 0 saturated heterocycles. The van der Waals surface area contributed by atoms with E-state index in [9.17, 15) is 5.26 Å². The number of pyridine rings is 2. The lowest BCUT2D eigenvalue weighted by Crippen LogP contribution is -2.01. The fraction of sp³-hybridized carbons (Fsp3) is 0.150. The predicted octanol–water partition coefficient (Wildman–Crippen LogP) is 3.29. The van der Waals surface area contributed by atoms with Crippen molar-refractivity contribution in [3.63, 3.8) is 0 Å². The Morgan fingerprint density at radius 3 is 2.19 bits per heavy atom. The molecule has 3 aromatic rings. The third kappa shape index (κ3) is 3.33. The molecule has 0 bridgehead atoms. The number of hydrogen-bond acceptors (Lipinski definition) is 7. The molecule has 0 unspecified atom stereocenters. The van der Waals surface area contributed by atoms with Gasteiger partial charge in [-0.2, -0.15) is 5.26 Å². The summed E-state index contributed by atoms with van der Waals surface area (Å²) in [6, 6.07) is 12.9. The van der Waals surface area contributed by atoms with Crippen molar-refractivity contribution in [3.05, 3.63) is 48.2 Å². The summed E-state index contributed by atoms with van der Waals surface area (Å²) in [7, 11) is 4.60. The second kappa shape index (κ2) is 7.62. The number of anilines is 1. The fourth-order valence-electron chi connectivity index (χ4n) is 2.79. The van der Waals surface area contributed by atoms with Gasteiger partial charge in [0, 0.05) is 11.8 Å². The second-order valence-corrected chi connectivity index (χ2v) is 5.56. The highest BCUT2D eigenvalue weighted by Gasteiger charge is 2.19. The van der Waals surface area contributed by atoms with E-state index in [1.165, 1.54) is 21.3 Å². The van der Waals surface area contributed by atoms with Crippen LogP contribution in [0.1, 0.15) is 5.56 Å². The molecule has 0 radical (unpaired) electrons. The van der Waals surface area contributed by atoms with E-state index >= 15 is 0 Å². The molecule has 0 aliphatic rings. The van der Waals surface area contributed by atoms with E-state index in [2.05, 4.69) is 16.0 Å². The minimum Gasteiger partial charge on any atom is -0.493 e. The number of methoxy groups -OCH3 is 3. The van der Waals surface area contributed by atoms with Crippen LogP contribution >= 0.6 is 0 Å². The molecular weight excluding hydrogens is 344 g/mol. The van der Waals surface area contributed by atoms with Gasteiger partial charge in [0.05, 0.1) is 32.7 Å². The minimum atomic E-state index is 0.129. The summed E-state index contributed by atoms with van der Waals surface area (Å²) in [5.74, 6) is 1.55. The Bertz CT molecular complexity index is 989. The highest BCUT2D eigenvalue weighted by atomic mass is 16.5. The van der Waals surface area contributed by atoms with Crippen molar-refractivity contribution in [2.45, 2.75) is 0 Å². The van der Waals surface area contributed by atoms with Gasteiger partial charge in [0.15, 0.2) is 11.5 Å². The van der Waals surface area contributed by atoms with Crippen molar-refractivity contribution in [2.75, 3.05) is 27.1 Å². The average Bonchev–Trinajstić information content (AvgIpc) is 2.72. The van der Waals surface area contributed by atoms with E-state index in [0.717, 1.165) is 0 Å². The Balaban J connectivity index is 2.28. The standard InChI is InChI=1S/C20H18N4O3/c1-25-17-8-12(9-18(26-2)19(17)27-3)13-10-16(15-6-4-5-7-23-15)24-20(22)14(13)11-21/h4-10H,1-3H3,(H2,22,24). The van der Waals surface area contributed by atoms with E-state index in [0.29, 0.717) is 39.8 Å². The second-order valence-electron chi connectivity index (χ2n) is 5.56. The van der Waals surface area contributed by atoms with E-state index in [-0.39, 0.29) is 11.4 Å². The summed E-state index contributed by atoms with van der Waals surface area (Å²) in [4.78, 5) is 8.63. The number of rotatable bonds is 5. The number of benzene rings is 1. The van der Waals surface area contributed by atoms with Gasteiger partial charge in [-0.05, 0) is 35.9 Å². The van der Waals surface area contributed by atoms with Crippen molar-refractivity contribution in [1.29, 1.82) is 5.26 Å². The van der Waals surface area contributed by atoms with Crippen molar-refractivity contribution in [1.82, 2.24) is 9.97 Å². The van der Waals surface area contributed by atoms with Gasteiger partial charge in [-0.3, -0.25) is 4.98 Å². The van der Waals surface area contributed by atoms with Crippen LogP contribution in [0.2, 0.25) is 0 Å². The molecule has 0 aliphatic heterocycles. The smallest absolute Gasteiger partial charge is 0.203 e. The summed E-state index contributed by atoms with van der Waals surface area (Å²) in [6.07, 6.45) is 1.67. The van der Waals surface area contributed by atoms with Gasteiger partial charge in [0.1, 0.15) is 17.5 Å². The van der Waals surface area contributed by atoms with E-state index in [1.54, 1.807) is 24.4 Å². The summed E-state index contributed by atoms with van der Waals surface area (Å²) >= 11 is 0. The third-order valence-electron chi connectivity index (χ3n) is 4.06. The lowest BCUT2D eigenvalue weighted by molar-refractivity contribution is 0.324. The molecule has 0 spiro atoms. The van der Waals surface area contributed by atoms with Gasteiger partial charge in [0.2, 0.25) is 5.75 Å². The molecule has 1 aromatic carbocycles. The third-order valence-corrected chi connectivity index (χ3v) is 4.06. The van der Waals surface area contributed by atoms with Crippen LogP contribution in [0.3, 0.4) is 0 Å². The van der Waals surface area contributed by atoms with E-state index < -0.39 is 0 Å². The van der Waals surface area contributed by atoms with Crippen LogP contribution in [-0.2, 0) is 0 Å². The number of nitrogens with zero attached hydrogens (tertiary/aromatic N) is 3. The van der Waals surface area contributed by atoms with Crippen molar-refractivity contribution < 1.29 is 14.2 Å². The first kappa shape index (κ1) is 18.0. The maximum atomic E-state index is 9.60. The highest BCUT2D eigenvalue weighted by Crippen LogP contribution is 2.42. The molecule has 3 rings (SSSR count). The number of nitrogen functional groups attached to an aromatic ring is 1. The molecule has 2 N–H and O–H groups in total. The zero-order valence-corrected chi connectivity index (χ0v) is 15.2. The first-order valence-electron chi connectivity index (χ1n) is 8.05. The maximum Gasteiger partial charge on any atom is 0.203 e. The molecule has 0 aliphatic carbocycles. The first-order chi connectivity index (χ1) is 13.1. The number of nitriles is 1. The molecular formula is C20H18N4O3. The molecule has 7 heteroatoms. The summed E-state index contributed by atoms with van der Waals surface area (Å²) < 4.78 is 16.2. The molecule has 0 saturated carbocycles. The van der Waals surface area contributed by atoms with Crippen LogP contribution in [0, 0.1) is 11.3 Å². The van der Waals surface area contributed by atoms with Crippen LogP contribution in [0.5, 0.6) is 17.2 Å². The monoisotopic (exact) mass is 362 g/mol. The number of nitrogens with two attached hydrogens (primary N) is 1. The lowest BCUT2D eigenvalue weighted by Gasteiger charge is -2.15. The Labute approximate surface area is 157 Å². The van der Waals surface area contributed by atoms with Gasteiger partial charge in [-0.1, -0.05) is 6.07 Å². The zero-order chi connectivity index (χ0) is 19.4. The quantitative estimate of drug-likeness (QED) is 0.743. The zero-order valence-electron chi connectivity index (χ0n) is 15.2. The minimum absolute atomic E-state index is 0.129. The summed E-state index contributed by atoms with van der Waals surface area (Å²) in [6.45, 7) is 0. The van der Waals surface area contributed by atoms with Crippen LogP contribution in [-0.4, -0.2) is 31.3 Å². The molecule has 0 atom stereocenters. The Hall–Kier alpha value is -3.79. The van der Waals surface area contributed by atoms with Crippen molar-refractivity contribution in [2.24, 2.45) is 0 Å². The first-order valence-corrected chi connectivity index (χ1v) is 8.05. The number of aromatic nitrogens is 2. The highest BCUT2D eigenvalue weighted by molar-refractivity contribution is 5.81. The van der Waals surface area contributed by atoms with E-state index in [4.69, 9.17) is 19.9 Å². The van der Waals surface area contributed by atoms with Gasteiger partial charge in [-0.15, -0.1) is 0 Å². The fourth-order valence-corrected chi connectivity index (χ4v) is 2.79. The molecule has 136 valence electrons. The van der Waals surface area contributed by atoms with Gasteiger partial charge >= 0.3 is 0 Å². The van der Waals surface area contributed by atoms with Gasteiger partial charge in [0.25, 0.3) is 0 Å². The normalized spacial score (nSPS) is 10.1. The number of hydrogen-bond donors (Lipinski definition) is 1. The van der Waals surface area contributed by atoms with Gasteiger partial charge < -0.3 is 19.9 Å². The van der Waals surface area contributed by atoms with Crippen LogP contribution in [0.15, 0.2) is 42.6 Å². The van der Waals surface area contributed by atoms with Crippen LogP contribution < -0.4 is 19.9 Å². The van der Waals surface area contributed by atoms with Gasteiger partial charge in [-0.25, -0.2) is 4.98 Å². The van der Waals surface area contributed by atoms with E-state index in [1.807, 2.05) is 18.2 Å². The largest absolute Gasteiger partial charge is 0.493 e. The maximum absolute atomic E-state index is 9.60. The van der Waals surface area contributed by atoms with Crippen molar-refractivity contribution >= 4 is 5.82 Å². The molecule has 2 aromatic heterocycles. The number of ether oxygens (including phenoxy) is 3. The Morgan fingerprint density at radius 2 is 1.67 bits per heavy atom. The Kier molecular flexibility index (Phi) is 5.08. The molecule has 27 heavy (non-hydrogen) atoms. The predicted molar refractivity (Wildman–Crippen MR) is 102 cm³/mol. The molecule has 2 heterocycles. The molecule has 0 amide bonds. The lowest BCUT2D eigenvalue weighted by atomic mass is 9.98. The molecule has 0 fully saturated rings. The SMILES string of the molecule is COc1cc(-c2cc(-c3ccccn3)nc(N)c2C#N)cc(OC)c1OC.